The van der Waals surface area contributed by atoms with Gasteiger partial charge in [-0.3, -0.25) is 8.74 Å². The maximum absolute atomic E-state index is 10.1. The van der Waals surface area contributed by atoms with Crippen molar-refractivity contribution in [1.82, 2.24) is 0 Å². The van der Waals surface area contributed by atoms with Crippen LogP contribution >= 0.6 is 0 Å². The average Bonchev–Trinajstić information content (AvgIpc) is 1.77. The third kappa shape index (κ3) is 42.7. The Bertz CT molecular complexity index is 354. The van der Waals surface area contributed by atoms with Crippen LogP contribution in [0.1, 0.15) is 0 Å². The lowest BCUT2D eigenvalue weighted by Crippen LogP contribution is -2.11. The molecule has 0 saturated heterocycles. The molecule has 2 N–H and O–H groups in total. The molecular formula is C4H10O8S2. The van der Waals surface area contributed by atoms with Crippen LogP contribution in [0.15, 0.2) is 0 Å². The summed E-state index contributed by atoms with van der Waals surface area (Å²) in [5.41, 5.74) is 0. The highest BCUT2D eigenvalue weighted by Crippen LogP contribution is 1.83. The molecule has 0 aromatic rings. The monoisotopic (exact) mass is 250 g/mol. The Morgan fingerprint density at radius 3 is 1.57 bits per heavy atom. The van der Waals surface area contributed by atoms with Crippen LogP contribution in [-0.2, 0) is 29.2 Å². The summed E-state index contributed by atoms with van der Waals surface area (Å²) >= 11 is 0. The van der Waals surface area contributed by atoms with Gasteiger partial charge in [0.15, 0.2) is 6.61 Å². The first-order valence-electron chi connectivity index (χ1n) is 2.90. The van der Waals surface area contributed by atoms with Gasteiger partial charge in [-0.1, -0.05) is 0 Å². The Labute approximate surface area is 81.4 Å². The fourth-order valence-corrected chi connectivity index (χ4v) is 0.472. The van der Waals surface area contributed by atoms with Crippen LogP contribution < -0.4 is 0 Å². The average molecular weight is 250 g/mol. The van der Waals surface area contributed by atoms with E-state index in [-0.39, 0.29) is 0 Å². The molecule has 0 rings (SSSR count). The highest BCUT2D eigenvalue weighted by molar-refractivity contribution is 7.86. The molecule has 0 heterocycles. The Hall–Kier alpha value is -0.710. The van der Waals surface area contributed by atoms with E-state index in [2.05, 4.69) is 4.18 Å². The number of aliphatic carboxylic acids is 1. The molecule has 0 saturated carbocycles. The largest absolute Gasteiger partial charge is 0.479 e. The van der Waals surface area contributed by atoms with E-state index in [0.717, 1.165) is 6.26 Å². The Morgan fingerprint density at radius 2 is 1.50 bits per heavy atom. The summed E-state index contributed by atoms with van der Waals surface area (Å²) < 4.78 is 49.8. The zero-order valence-corrected chi connectivity index (χ0v) is 9.00. The minimum atomic E-state index is -3.67. The van der Waals surface area contributed by atoms with E-state index in [0.29, 0.717) is 6.26 Å². The first-order valence-corrected chi connectivity index (χ1v) is 6.57. The highest BCUT2D eigenvalue weighted by atomic mass is 32.2. The highest BCUT2D eigenvalue weighted by Gasteiger charge is 2.04. The van der Waals surface area contributed by atoms with Gasteiger partial charge in [-0.2, -0.15) is 16.8 Å². The first-order chi connectivity index (χ1) is 5.92. The van der Waals surface area contributed by atoms with Crippen molar-refractivity contribution in [3.8, 4) is 0 Å². The molecular weight excluding hydrogens is 240 g/mol. The lowest BCUT2D eigenvalue weighted by atomic mass is 10.8. The van der Waals surface area contributed by atoms with Crippen LogP contribution in [-0.4, -0.2) is 51.6 Å². The molecule has 0 atom stereocenters. The van der Waals surface area contributed by atoms with Crippen LogP contribution in [0, 0.1) is 0 Å². The quantitative estimate of drug-likeness (QED) is 0.458. The van der Waals surface area contributed by atoms with Gasteiger partial charge >= 0.3 is 5.97 Å². The SMILES string of the molecule is CS(=O)(=O)O.CS(=O)(=O)OCC(=O)O. The number of rotatable bonds is 3. The second-order valence-corrected chi connectivity index (χ2v) is 5.20. The van der Waals surface area contributed by atoms with Crippen molar-refractivity contribution in [2.75, 3.05) is 19.1 Å². The molecule has 86 valence electrons. The normalized spacial score (nSPS) is 11.4. The molecule has 0 bridgehead atoms. The molecule has 8 nitrogen and oxygen atoms in total. The van der Waals surface area contributed by atoms with Gasteiger partial charge in [0, 0.05) is 0 Å². The second-order valence-electron chi connectivity index (χ2n) is 2.09. The van der Waals surface area contributed by atoms with Crippen molar-refractivity contribution < 1.29 is 35.5 Å². The standard InChI is InChI=1S/C3H6O5S.CH4O3S/c1-9(6,7)8-2-3(4)5;1-5(2,3)4/h2H2,1H3,(H,4,5);1H3,(H,2,3,4). The van der Waals surface area contributed by atoms with Crippen LogP contribution in [0.4, 0.5) is 0 Å². The van der Waals surface area contributed by atoms with Gasteiger partial charge < -0.3 is 5.11 Å². The van der Waals surface area contributed by atoms with E-state index in [1.54, 1.807) is 0 Å². The Morgan fingerprint density at radius 1 is 1.21 bits per heavy atom. The molecule has 10 heteroatoms. The van der Waals surface area contributed by atoms with Crippen molar-refractivity contribution in [1.29, 1.82) is 0 Å². The molecule has 0 aliphatic heterocycles. The summed E-state index contributed by atoms with van der Waals surface area (Å²) in [6.07, 6.45) is 1.50. The predicted molar refractivity (Wildman–Crippen MR) is 45.9 cm³/mol. The molecule has 0 aliphatic carbocycles. The van der Waals surface area contributed by atoms with Crippen molar-refractivity contribution in [2.24, 2.45) is 0 Å². The van der Waals surface area contributed by atoms with Gasteiger partial charge in [0.05, 0.1) is 12.5 Å². The van der Waals surface area contributed by atoms with Gasteiger partial charge in [-0.05, 0) is 0 Å². The van der Waals surface area contributed by atoms with Gasteiger partial charge in [0.1, 0.15) is 0 Å². The first kappa shape index (κ1) is 15.7. The fourth-order valence-electron chi connectivity index (χ4n) is 0.157. The van der Waals surface area contributed by atoms with Crippen molar-refractivity contribution in [2.45, 2.75) is 0 Å². The summed E-state index contributed by atoms with van der Waals surface area (Å²) in [7, 11) is -7.27. The van der Waals surface area contributed by atoms with E-state index in [4.69, 9.17) is 9.66 Å². The number of carbonyl (C=O) groups is 1. The predicted octanol–water partition coefficient (Wildman–Crippen LogP) is -1.45. The molecule has 0 unspecified atom stereocenters. The Kier molecular flexibility index (Phi) is 6.64. The summed E-state index contributed by atoms with van der Waals surface area (Å²) in [5, 5.41) is 7.89. The van der Waals surface area contributed by atoms with E-state index in [1.165, 1.54) is 0 Å². The van der Waals surface area contributed by atoms with Crippen molar-refractivity contribution >= 4 is 26.2 Å². The van der Waals surface area contributed by atoms with Gasteiger partial charge in [0.25, 0.3) is 20.2 Å². The molecule has 0 aromatic carbocycles. The van der Waals surface area contributed by atoms with Crippen LogP contribution in [0.2, 0.25) is 0 Å². The molecule has 0 aliphatic rings. The third-order valence-corrected chi connectivity index (χ3v) is 0.942. The fraction of sp³-hybridized carbons (Fsp3) is 0.750. The summed E-state index contributed by atoms with van der Waals surface area (Å²) in [6.45, 7) is -0.807. The minimum absolute atomic E-state index is 0.715. The maximum Gasteiger partial charge on any atom is 0.331 e. The van der Waals surface area contributed by atoms with Crippen LogP contribution in [0.3, 0.4) is 0 Å². The molecule has 0 spiro atoms. The number of carboxylic acids is 1. The summed E-state index contributed by atoms with van der Waals surface area (Å²) in [5.74, 6) is -1.31. The molecule has 0 aromatic heterocycles. The zero-order valence-electron chi connectivity index (χ0n) is 7.37. The smallest absolute Gasteiger partial charge is 0.331 e. The Balaban J connectivity index is 0. The van der Waals surface area contributed by atoms with Crippen molar-refractivity contribution in [3.05, 3.63) is 0 Å². The van der Waals surface area contributed by atoms with E-state index < -0.39 is 32.8 Å². The molecule has 14 heavy (non-hydrogen) atoms. The van der Waals surface area contributed by atoms with E-state index in [9.17, 15) is 21.6 Å². The van der Waals surface area contributed by atoms with Crippen molar-refractivity contribution in [3.63, 3.8) is 0 Å². The van der Waals surface area contributed by atoms with Gasteiger partial charge in [-0.15, -0.1) is 0 Å². The van der Waals surface area contributed by atoms with E-state index >= 15 is 0 Å². The topological polar surface area (TPSA) is 135 Å². The lowest BCUT2D eigenvalue weighted by molar-refractivity contribution is -0.139. The molecule has 0 amide bonds. The summed E-state index contributed by atoms with van der Waals surface area (Å²) in [6, 6.07) is 0. The second kappa shape index (κ2) is 5.90. The number of hydrogen-bond donors (Lipinski definition) is 2. The zero-order chi connectivity index (χ0) is 12.0. The molecule has 0 radical (unpaired) electrons. The third-order valence-electron chi connectivity index (χ3n) is 0.396. The number of hydrogen-bond acceptors (Lipinski definition) is 6. The summed E-state index contributed by atoms with van der Waals surface area (Å²) in [4.78, 5) is 9.66. The van der Waals surface area contributed by atoms with Crippen LogP contribution in [0.5, 0.6) is 0 Å². The van der Waals surface area contributed by atoms with Crippen LogP contribution in [0.25, 0.3) is 0 Å². The molecule has 0 fully saturated rings. The lowest BCUT2D eigenvalue weighted by Gasteiger charge is -1.93. The van der Waals surface area contributed by atoms with E-state index in [1.807, 2.05) is 0 Å². The minimum Gasteiger partial charge on any atom is -0.479 e. The van der Waals surface area contributed by atoms with Gasteiger partial charge in [-0.25, -0.2) is 4.79 Å². The number of carboxylic acid groups (broad SMARTS) is 1. The van der Waals surface area contributed by atoms with Gasteiger partial charge in [0.2, 0.25) is 0 Å². The maximum atomic E-state index is 10.1.